The first-order chi connectivity index (χ1) is 13.9. The summed E-state index contributed by atoms with van der Waals surface area (Å²) in [5.41, 5.74) is 9.23. The number of nitrogens with two attached hydrogens (primary N) is 1. The van der Waals surface area contributed by atoms with Gasteiger partial charge in [-0.2, -0.15) is 0 Å². The van der Waals surface area contributed by atoms with E-state index in [1.807, 2.05) is 34.9 Å². The number of carboxylic acids is 1. The zero-order chi connectivity index (χ0) is 20.7. The molecule has 2 aromatic carbocycles. The summed E-state index contributed by atoms with van der Waals surface area (Å²) in [6.07, 6.45) is 0.378. The Labute approximate surface area is 172 Å². The van der Waals surface area contributed by atoms with Crippen LogP contribution in [0.4, 0.5) is 0 Å². The molecule has 1 aliphatic carbocycles. The number of rotatable bonds is 5. The highest BCUT2D eigenvalue weighted by atomic mass is 35.5. The Morgan fingerprint density at radius 3 is 2.59 bits per heavy atom. The molecule has 0 aliphatic heterocycles. The Bertz CT molecular complexity index is 1110. The molecule has 7 heteroatoms. The molecule has 4 rings (SSSR count). The SMILES string of the molecule is NC(=O)C1CCCc2c1c1c(C(O)C(=O)O)ccc(Cl)c1n2Cc1ccccc1. The quantitative estimate of drug-likeness (QED) is 0.597. The number of amides is 1. The summed E-state index contributed by atoms with van der Waals surface area (Å²) in [6, 6.07) is 12.9. The van der Waals surface area contributed by atoms with Crippen molar-refractivity contribution in [3.05, 3.63) is 69.9 Å². The first-order valence-electron chi connectivity index (χ1n) is 9.47. The number of aliphatic hydroxyl groups excluding tert-OH is 1. The Hall–Kier alpha value is -2.83. The third-order valence-electron chi connectivity index (χ3n) is 5.65. The maximum absolute atomic E-state index is 12.2. The lowest BCUT2D eigenvalue weighted by molar-refractivity contribution is -0.146. The van der Waals surface area contributed by atoms with E-state index >= 15 is 0 Å². The van der Waals surface area contributed by atoms with Crippen molar-refractivity contribution in [2.24, 2.45) is 5.73 Å². The summed E-state index contributed by atoms with van der Waals surface area (Å²) >= 11 is 6.57. The van der Waals surface area contributed by atoms with Gasteiger partial charge >= 0.3 is 5.97 Å². The molecule has 4 N–H and O–H groups in total. The monoisotopic (exact) mass is 412 g/mol. The Morgan fingerprint density at radius 1 is 1.21 bits per heavy atom. The minimum Gasteiger partial charge on any atom is -0.479 e. The van der Waals surface area contributed by atoms with Crippen LogP contribution >= 0.6 is 11.6 Å². The molecule has 150 valence electrons. The highest BCUT2D eigenvalue weighted by Crippen LogP contribution is 2.44. The van der Waals surface area contributed by atoms with Crippen LogP contribution in [0.15, 0.2) is 42.5 Å². The van der Waals surface area contributed by atoms with Crippen LogP contribution < -0.4 is 5.73 Å². The molecule has 0 saturated heterocycles. The molecule has 0 saturated carbocycles. The molecular formula is C22H21ClN2O4. The lowest BCUT2D eigenvalue weighted by Gasteiger charge is -2.22. The molecule has 1 amide bonds. The van der Waals surface area contributed by atoms with Crippen LogP contribution in [0.2, 0.25) is 5.02 Å². The summed E-state index contributed by atoms with van der Waals surface area (Å²) in [5, 5.41) is 20.7. The Morgan fingerprint density at radius 2 is 1.93 bits per heavy atom. The van der Waals surface area contributed by atoms with Crippen LogP contribution in [0, 0.1) is 0 Å². The molecule has 0 bridgehead atoms. The van der Waals surface area contributed by atoms with Crippen molar-refractivity contribution in [2.75, 3.05) is 0 Å². The fourth-order valence-electron chi connectivity index (χ4n) is 4.40. The molecule has 0 radical (unpaired) electrons. The maximum Gasteiger partial charge on any atom is 0.337 e. The summed E-state index contributed by atoms with van der Waals surface area (Å²) in [7, 11) is 0. The highest BCUT2D eigenvalue weighted by molar-refractivity contribution is 6.35. The summed E-state index contributed by atoms with van der Waals surface area (Å²) in [4.78, 5) is 23.8. The van der Waals surface area contributed by atoms with Gasteiger partial charge in [-0.15, -0.1) is 0 Å². The van der Waals surface area contributed by atoms with Gasteiger partial charge in [0.2, 0.25) is 5.91 Å². The standard InChI is InChI=1S/C22H21ClN2O4/c23-15-10-9-13(20(26)22(28)29)18-17-14(21(24)27)7-4-8-16(17)25(19(15)18)11-12-5-2-1-3-6-12/h1-3,5-6,9-10,14,20,26H,4,7-8,11H2,(H2,24,27)(H,28,29). The van der Waals surface area contributed by atoms with Crippen molar-refractivity contribution >= 4 is 34.4 Å². The summed E-state index contributed by atoms with van der Waals surface area (Å²) in [5.74, 6) is -2.36. The van der Waals surface area contributed by atoms with Gasteiger partial charge in [-0.1, -0.05) is 48.0 Å². The number of nitrogens with zero attached hydrogens (tertiary/aromatic N) is 1. The molecule has 2 atom stereocenters. The number of hydrogen-bond acceptors (Lipinski definition) is 3. The van der Waals surface area contributed by atoms with E-state index in [1.165, 1.54) is 6.07 Å². The van der Waals surface area contributed by atoms with Crippen molar-refractivity contribution in [3.63, 3.8) is 0 Å². The second kappa shape index (κ2) is 7.54. The number of carbonyl (C=O) groups excluding carboxylic acids is 1. The molecule has 2 unspecified atom stereocenters. The van der Waals surface area contributed by atoms with Crippen molar-refractivity contribution < 1.29 is 19.8 Å². The van der Waals surface area contributed by atoms with Crippen LogP contribution in [-0.2, 0) is 22.6 Å². The number of halogens is 1. The number of aliphatic hydroxyl groups is 1. The third-order valence-corrected chi connectivity index (χ3v) is 5.95. The smallest absolute Gasteiger partial charge is 0.337 e. The van der Waals surface area contributed by atoms with Crippen LogP contribution in [-0.4, -0.2) is 26.7 Å². The zero-order valence-electron chi connectivity index (χ0n) is 15.6. The number of primary amides is 1. The molecular weight excluding hydrogens is 392 g/mol. The van der Waals surface area contributed by atoms with E-state index in [4.69, 9.17) is 17.3 Å². The predicted molar refractivity (Wildman–Crippen MR) is 110 cm³/mol. The van der Waals surface area contributed by atoms with Gasteiger partial charge in [0.25, 0.3) is 0 Å². The minimum absolute atomic E-state index is 0.230. The molecule has 6 nitrogen and oxygen atoms in total. The Balaban J connectivity index is 2.07. The van der Waals surface area contributed by atoms with E-state index in [2.05, 4.69) is 0 Å². The summed E-state index contributed by atoms with van der Waals surface area (Å²) in [6.45, 7) is 0.518. The fourth-order valence-corrected chi connectivity index (χ4v) is 4.66. The minimum atomic E-state index is -1.72. The molecule has 0 fully saturated rings. The third kappa shape index (κ3) is 3.28. The first kappa shape index (κ1) is 19.5. The predicted octanol–water partition coefficient (Wildman–Crippen LogP) is 3.37. The van der Waals surface area contributed by atoms with Crippen molar-refractivity contribution in [3.8, 4) is 0 Å². The number of hydrogen-bond donors (Lipinski definition) is 3. The van der Waals surface area contributed by atoms with Gasteiger partial charge in [0, 0.05) is 23.2 Å². The second-order valence-corrected chi connectivity index (χ2v) is 7.79. The lowest BCUT2D eigenvalue weighted by atomic mass is 9.83. The molecule has 3 aromatic rings. The average Bonchev–Trinajstić information content (AvgIpc) is 3.04. The molecule has 0 spiro atoms. The van der Waals surface area contributed by atoms with Crippen molar-refractivity contribution in [1.82, 2.24) is 4.57 Å². The van der Waals surface area contributed by atoms with E-state index in [9.17, 15) is 19.8 Å². The van der Waals surface area contributed by atoms with Crippen LogP contribution in [0.5, 0.6) is 0 Å². The van der Waals surface area contributed by atoms with Gasteiger partial charge in [-0.25, -0.2) is 4.79 Å². The molecule has 1 aliphatic rings. The van der Waals surface area contributed by atoms with Gasteiger partial charge in [0.05, 0.1) is 16.5 Å². The fraction of sp³-hybridized carbons (Fsp3) is 0.273. The highest BCUT2D eigenvalue weighted by Gasteiger charge is 2.34. The van der Waals surface area contributed by atoms with Crippen LogP contribution in [0.3, 0.4) is 0 Å². The van der Waals surface area contributed by atoms with E-state index < -0.39 is 23.9 Å². The largest absolute Gasteiger partial charge is 0.479 e. The number of benzene rings is 2. The first-order valence-corrected chi connectivity index (χ1v) is 9.85. The van der Waals surface area contributed by atoms with E-state index in [0.29, 0.717) is 34.5 Å². The van der Waals surface area contributed by atoms with E-state index in [0.717, 1.165) is 24.1 Å². The number of aliphatic carboxylic acids is 1. The van der Waals surface area contributed by atoms with Crippen molar-refractivity contribution in [1.29, 1.82) is 0 Å². The van der Waals surface area contributed by atoms with Gasteiger partial charge in [-0.05, 0) is 36.5 Å². The van der Waals surface area contributed by atoms with Crippen molar-refractivity contribution in [2.45, 2.75) is 37.8 Å². The molecule has 1 heterocycles. The number of carboxylic acid groups (broad SMARTS) is 1. The summed E-state index contributed by atoms with van der Waals surface area (Å²) < 4.78 is 2.04. The second-order valence-electron chi connectivity index (χ2n) is 7.38. The maximum atomic E-state index is 12.2. The zero-order valence-corrected chi connectivity index (χ0v) is 16.4. The molecule has 1 aromatic heterocycles. The normalized spacial score (nSPS) is 17.1. The van der Waals surface area contributed by atoms with E-state index in [1.54, 1.807) is 6.07 Å². The van der Waals surface area contributed by atoms with Gasteiger partial charge < -0.3 is 20.5 Å². The van der Waals surface area contributed by atoms with Gasteiger partial charge in [0.1, 0.15) is 0 Å². The molecule has 29 heavy (non-hydrogen) atoms. The topological polar surface area (TPSA) is 106 Å². The van der Waals surface area contributed by atoms with Crippen LogP contribution in [0.1, 0.15) is 47.2 Å². The van der Waals surface area contributed by atoms with Gasteiger partial charge in [0.15, 0.2) is 6.10 Å². The van der Waals surface area contributed by atoms with Gasteiger partial charge in [-0.3, -0.25) is 4.79 Å². The van der Waals surface area contributed by atoms with E-state index in [-0.39, 0.29) is 5.56 Å². The number of aromatic nitrogens is 1. The van der Waals surface area contributed by atoms with Crippen LogP contribution in [0.25, 0.3) is 10.9 Å². The Kier molecular flexibility index (Phi) is 5.06. The average molecular weight is 413 g/mol. The number of carbonyl (C=O) groups is 2. The number of fused-ring (bicyclic) bond motifs is 3. The lowest BCUT2D eigenvalue weighted by Crippen LogP contribution is -2.25.